The standard InChI is InChI=1S/C17H21N3O2S.ClH/c1-10-3-4-13(11(2)5-10)17-20-14(9-23-17)16(22)19-7-12-6-18-8-15(12)21;/h3-5,9,12,15,18,21H,6-8H2,1-2H3,(H,19,22);1H. The summed E-state index contributed by atoms with van der Waals surface area (Å²) in [6.07, 6.45) is -0.392. The molecule has 3 N–H and O–H groups in total. The highest BCUT2D eigenvalue weighted by atomic mass is 35.5. The van der Waals surface area contributed by atoms with Crippen molar-refractivity contribution in [1.82, 2.24) is 15.6 Å². The van der Waals surface area contributed by atoms with Crippen LogP contribution in [0.15, 0.2) is 23.6 Å². The summed E-state index contributed by atoms with van der Waals surface area (Å²) in [7, 11) is 0. The Kier molecular flexibility index (Phi) is 6.34. The van der Waals surface area contributed by atoms with Crippen molar-refractivity contribution in [3.8, 4) is 10.6 Å². The fraction of sp³-hybridized carbons (Fsp3) is 0.412. The van der Waals surface area contributed by atoms with Crippen LogP contribution >= 0.6 is 23.7 Å². The lowest BCUT2D eigenvalue weighted by Crippen LogP contribution is -2.34. The maximum atomic E-state index is 12.2. The Hall–Kier alpha value is -1.47. The van der Waals surface area contributed by atoms with Crippen LogP contribution in [0.25, 0.3) is 10.6 Å². The first-order valence-electron chi connectivity index (χ1n) is 7.74. The van der Waals surface area contributed by atoms with E-state index in [1.807, 2.05) is 6.07 Å². The minimum absolute atomic E-state index is 0. The Labute approximate surface area is 151 Å². The number of rotatable bonds is 4. The van der Waals surface area contributed by atoms with E-state index in [1.54, 1.807) is 5.38 Å². The molecule has 5 nitrogen and oxygen atoms in total. The number of thiazole rings is 1. The van der Waals surface area contributed by atoms with Gasteiger partial charge in [0, 0.05) is 36.5 Å². The Morgan fingerprint density at radius 2 is 2.21 bits per heavy atom. The molecule has 7 heteroatoms. The van der Waals surface area contributed by atoms with Gasteiger partial charge in [-0.2, -0.15) is 0 Å². The molecule has 1 aromatic carbocycles. The normalized spacial score (nSPS) is 19.8. The van der Waals surface area contributed by atoms with Gasteiger partial charge in [0.1, 0.15) is 10.7 Å². The average Bonchev–Trinajstić information content (AvgIpc) is 3.14. The van der Waals surface area contributed by atoms with Crippen LogP contribution < -0.4 is 10.6 Å². The number of carbonyl (C=O) groups is 1. The van der Waals surface area contributed by atoms with E-state index in [9.17, 15) is 9.90 Å². The van der Waals surface area contributed by atoms with Gasteiger partial charge in [-0.15, -0.1) is 23.7 Å². The Bertz CT molecular complexity index is 720. The molecule has 2 heterocycles. The van der Waals surface area contributed by atoms with Crippen LogP contribution in [-0.2, 0) is 0 Å². The molecule has 1 aromatic heterocycles. The number of nitrogens with one attached hydrogen (secondary N) is 2. The fourth-order valence-electron chi connectivity index (χ4n) is 2.80. The molecule has 1 saturated heterocycles. The van der Waals surface area contributed by atoms with E-state index in [-0.39, 0.29) is 24.2 Å². The molecule has 1 aliphatic heterocycles. The molecule has 2 atom stereocenters. The van der Waals surface area contributed by atoms with Crippen molar-refractivity contribution in [3.63, 3.8) is 0 Å². The molecule has 2 unspecified atom stereocenters. The third-order valence-electron chi connectivity index (χ3n) is 4.18. The molecule has 1 aliphatic rings. The zero-order chi connectivity index (χ0) is 16.4. The van der Waals surface area contributed by atoms with E-state index in [0.29, 0.717) is 18.8 Å². The summed E-state index contributed by atoms with van der Waals surface area (Å²) < 4.78 is 0. The molecular weight excluding hydrogens is 346 g/mol. The van der Waals surface area contributed by atoms with E-state index >= 15 is 0 Å². The third kappa shape index (κ3) is 4.13. The highest BCUT2D eigenvalue weighted by molar-refractivity contribution is 7.13. The summed E-state index contributed by atoms with van der Waals surface area (Å²) in [6, 6.07) is 6.22. The molecule has 0 spiro atoms. The number of benzene rings is 1. The average molecular weight is 368 g/mol. The largest absolute Gasteiger partial charge is 0.391 e. The van der Waals surface area contributed by atoms with Gasteiger partial charge in [-0.3, -0.25) is 4.79 Å². The maximum absolute atomic E-state index is 12.2. The molecule has 130 valence electrons. The van der Waals surface area contributed by atoms with E-state index < -0.39 is 6.10 Å². The second-order valence-corrected chi connectivity index (χ2v) is 6.91. The number of β-amino-alcohol motifs (C(OH)–C–C–N with tert-alkyl or cyclic N) is 1. The van der Waals surface area contributed by atoms with E-state index in [4.69, 9.17) is 0 Å². The smallest absolute Gasteiger partial charge is 0.270 e. The summed E-state index contributed by atoms with van der Waals surface area (Å²) >= 11 is 1.48. The van der Waals surface area contributed by atoms with Crippen LogP contribution in [0.5, 0.6) is 0 Å². The van der Waals surface area contributed by atoms with E-state index in [2.05, 4.69) is 41.6 Å². The lowest BCUT2D eigenvalue weighted by Gasteiger charge is -2.13. The minimum Gasteiger partial charge on any atom is -0.391 e. The Morgan fingerprint density at radius 3 is 2.88 bits per heavy atom. The van der Waals surface area contributed by atoms with Crippen LogP contribution in [0, 0.1) is 19.8 Å². The minimum atomic E-state index is -0.392. The van der Waals surface area contributed by atoms with Crippen LogP contribution in [0.2, 0.25) is 0 Å². The third-order valence-corrected chi connectivity index (χ3v) is 5.05. The molecule has 1 amide bonds. The number of carbonyl (C=O) groups excluding carboxylic acids is 1. The molecule has 1 fully saturated rings. The summed E-state index contributed by atoms with van der Waals surface area (Å²) in [4.78, 5) is 16.7. The highest BCUT2D eigenvalue weighted by Crippen LogP contribution is 2.27. The number of nitrogens with zero attached hydrogens (tertiary/aromatic N) is 1. The van der Waals surface area contributed by atoms with Crippen molar-refractivity contribution in [2.75, 3.05) is 19.6 Å². The Morgan fingerprint density at radius 1 is 1.42 bits per heavy atom. The quantitative estimate of drug-likeness (QED) is 0.774. The molecule has 0 bridgehead atoms. The van der Waals surface area contributed by atoms with Gasteiger partial charge in [0.15, 0.2) is 0 Å². The SMILES string of the molecule is Cc1ccc(-c2nc(C(=O)NCC3CNCC3O)cs2)c(C)c1.Cl. The van der Waals surface area contributed by atoms with Gasteiger partial charge < -0.3 is 15.7 Å². The number of amides is 1. The first kappa shape index (κ1) is 18.9. The van der Waals surface area contributed by atoms with Crippen molar-refractivity contribution in [2.45, 2.75) is 20.0 Å². The van der Waals surface area contributed by atoms with E-state index in [1.165, 1.54) is 16.9 Å². The molecular formula is C17H22ClN3O2S. The molecule has 0 aliphatic carbocycles. The van der Waals surface area contributed by atoms with Crippen LogP contribution in [-0.4, -0.2) is 41.7 Å². The molecule has 0 radical (unpaired) electrons. The van der Waals surface area contributed by atoms with Crippen molar-refractivity contribution in [1.29, 1.82) is 0 Å². The number of hydrogen-bond acceptors (Lipinski definition) is 5. The van der Waals surface area contributed by atoms with Crippen molar-refractivity contribution in [3.05, 3.63) is 40.4 Å². The second-order valence-electron chi connectivity index (χ2n) is 6.05. The number of aliphatic hydroxyl groups is 1. The Balaban J connectivity index is 0.00000208. The van der Waals surface area contributed by atoms with Gasteiger partial charge in [-0.25, -0.2) is 4.98 Å². The maximum Gasteiger partial charge on any atom is 0.270 e. The number of hydrogen-bond donors (Lipinski definition) is 3. The number of aromatic nitrogens is 1. The second kappa shape index (κ2) is 8.07. The van der Waals surface area contributed by atoms with Crippen molar-refractivity contribution < 1.29 is 9.90 Å². The number of aryl methyl sites for hydroxylation is 2. The molecule has 24 heavy (non-hydrogen) atoms. The van der Waals surface area contributed by atoms with Crippen LogP contribution in [0.4, 0.5) is 0 Å². The van der Waals surface area contributed by atoms with Crippen molar-refractivity contribution in [2.24, 2.45) is 5.92 Å². The molecule has 3 rings (SSSR count). The van der Waals surface area contributed by atoms with Gasteiger partial charge in [0.2, 0.25) is 0 Å². The van der Waals surface area contributed by atoms with Crippen molar-refractivity contribution >= 4 is 29.7 Å². The first-order valence-corrected chi connectivity index (χ1v) is 8.62. The zero-order valence-electron chi connectivity index (χ0n) is 13.7. The van der Waals surface area contributed by atoms with Crippen LogP contribution in [0.3, 0.4) is 0 Å². The number of halogens is 1. The molecule has 0 saturated carbocycles. The summed E-state index contributed by atoms with van der Waals surface area (Å²) in [5.74, 6) is -0.118. The van der Waals surface area contributed by atoms with Gasteiger partial charge in [-0.05, 0) is 19.4 Å². The van der Waals surface area contributed by atoms with E-state index in [0.717, 1.165) is 22.7 Å². The van der Waals surface area contributed by atoms with Gasteiger partial charge in [-0.1, -0.05) is 23.8 Å². The van der Waals surface area contributed by atoms with Crippen LogP contribution in [0.1, 0.15) is 21.6 Å². The molecule has 2 aromatic rings. The van der Waals surface area contributed by atoms with Gasteiger partial charge in [0.05, 0.1) is 6.10 Å². The zero-order valence-corrected chi connectivity index (χ0v) is 15.3. The highest BCUT2D eigenvalue weighted by Gasteiger charge is 2.25. The summed E-state index contributed by atoms with van der Waals surface area (Å²) in [6.45, 7) is 5.89. The van der Waals surface area contributed by atoms with Gasteiger partial charge >= 0.3 is 0 Å². The first-order chi connectivity index (χ1) is 11.0. The summed E-state index contributed by atoms with van der Waals surface area (Å²) in [5.41, 5.74) is 3.87. The van der Waals surface area contributed by atoms with Gasteiger partial charge in [0.25, 0.3) is 5.91 Å². The lowest BCUT2D eigenvalue weighted by atomic mass is 10.1. The fourth-order valence-corrected chi connectivity index (χ4v) is 3.69. The predicted molar refractivity (Wildman–Crippen MR) is 99.0 cm³/mol. The number of aliphatic hydroxyl groups excluding tert-OH is 1. The topological polar surface area (TPSA) is 74.2 Å². The summed E-state index contributed by atoms with van der Waals surface area (Å²) in [5, 5.41) is 18.4. The predicted octanol–water partition coefficient (Wildman–Crippen LogP) is 2.16. The lowest BCUT2D eigenvalue weighted by molar-refractivity contribution is 0.0923. The monoisotopic (exact) mass is 367 g/mol.